The van der Waals surface area contributed by atoms with Gasteiger partial charge in [-0.2, -0.15) is 0 Å². The van der Waals surface area contributed by atoms with E-state index in [-0.39, 0.29) is 31.2 Å². The van der Waals surface area contributed by atoms with Gasteiger partial charge in [-0.05, 0) is 87.8 Å². The molecule has 1 saturated heterocycles. The second-order valence-corrected chi connectivity index (χ2v) is 18.0. The molecule has 7 atom stereocenters. The molecule has 53 heavy (non-hydrogen) atoms. The number of aromatic nitrogens is 1. The quantitative estimate of drug-likeness (QED) is 0.303. The minimum absolute atomic E-state index is 0.0264. The van der Waals surface area contributed by atoms with E-state index in [0.29, 0.717) is 50.0 Å². The summed E-state index contributed by atoms with van der Waals surface area (Å²) in [4.78, 5) is 60.8. The highest BCUT2D eigenvalue weighted by atomic mass is 32.2. The van der Waals surface area contributed by atoms with Crippen LogP contribution in [0.15, 0.2) is 36.5 Å². The standard InChI is InChI=1S/C38H49N5O9S/c1-4-23-18-22(2)8-5-6-10-25-20-38(25,35(46)42-53(49,50)37(3)14-15-37)41-32(44)29-19-26(21-43(29)34(45)30(23)40-36(47)48)52-33-28-12-11-24-9-7-17-51-31(24)27(28)13-16-39-33/h6,10-13,16,22-23,25-26,29-30,40H,4-5,7-9,14-15,17-21H2,1-3H3,(H,41,44)(H,42,46)(H,47,48)/t22-,23-,25-,26-,29+,30+,38-/m1/s1. The number of hydrogen-bond acceptors (Lipinski definition) is 9. The van der Waals surface area contributed by atoms with Gasteiger partial charge in [0.15, 0.2) is 0 Å². The van der Waals surface area contributed by atoms with Crippen molar-refractivity contribution in [2.45, 2.75) is 113 Å². The lowest BCUT2D eigenvalue weighted by atomic mass is 9.85. The molecule has 2 aromatic rings. The molecule has 0 unspecified atom stereocenters. The third kappa shape index (κ3) is 7.16. The Bertz CT molecular complexity index is 1950. The predicted octanol–water partition coefficient (Wildman–Crippen LogP) is 3.82. The van der Waals surface area contributed by atoms with Crippen LogP contribution in [0.1, 0.15) is 84.1 Å². The number of fused-ring (bicyclic) bond motifs is 5. The third-order valence-electron chi connectivity index (χ3n) is 11.9. The number of pyridine rings is 1. The Morgan fingerprint density at radius 3 is 2.70 bits per heavy atom. The average Bonchev–Trinajstić information content (AvgIpc) is 4.01. The molecule has 2 saturated carbocycles. The predicted molar refractivity (Wildman–Crippen MR) is 195 cm³/mol. The molecular formula is C38H49N5O9S. The lowest BCUT2D eigenvalue weighted by Crippen LogP contribution is -2.59. The van der Waals surface area contributed by atoms with Gasteiger partial charge in [0, 0.05) is 29.3 Å². The van der Waals surface area contributed by atoms with E-state index in [1.807, 2.05) is 37.3 Å². The Morgan fingerprint density at radius 2 is 1.96 bits per heavy atom. The topological polar surface area (TPSA) is 193 Å². The van der Waals surface area contributed by atoms with Crippen LogP contribution in [0.5, 0.6) is 11.6 Å². The van der Waals surface area contributed by atoms with Crippen molar-refractivity contribution in [2.75, 3.05) is 13.2 Å². The lowest BCUT2D eigenvalue weighted by Gasteiger charge is -2.33. The van der Waals surface area contributed by atoms with Crippen LogP contribution in [-0.4, -0.2) is 88.8 Å². The lowest BCUT2D eigenvalue weighted by molar-refractivity contribution is -0.142. The Labute approximate surface area is 309 Å². The van der Waals surface area contributed by atoms with E-state index < -0.39 is 68.2 Å². The van der Waals surface area contributed by atoms with Crippen LogP contribution >= 0.6 is 0 Å². The van der Waals surface area contributed by atoms with Crippen LogP contribution in [0, 0.1) is 17.8 Å². The van der Waals surface area contributed by atoms with Crippen LogP contribution in [0.4, 0.5) is 4.79 Å². The summed E-state index contributed by atoms with van der Waals surface area (Å²) in [5, 5.41) is 16.8. The largest absolute Gasteiger partial charge is 0.493 e. The van der Waals surface area contributed by atoms with Crippen molar-refractivity contribution >= 4 is 44.6 Å². The second-order valence-electron chi connectivity index (χ2n) is 15.8. The fourth-order valence-electron chi connectivity index (χ4n) is 8.25. The second kappa shape index (κ2) is 14.1. The van der Waals surface area contributed by atoms with Crippen LogP contribution in [-0.2, 0) is 30.8 Å². The monoisotopic (exact) mass is 751 g/mol. The molecule has 15 heteroatoms. The van der Waals surface area contributed by atoms with E-state index in [1.165, 1.54) is 4.90 Å². The third-order valence-corrected chi connectivity index (χ3v) is 14.1. The van der Waals surface area contributed by atoms with Crippen molar-refractivity contribution < 1.29 is 42.2 Å². The molecule has 1 aromatic carbocycles. The number of carboxylic acid groups (broad SMARTS) is 1. The molecule has 4 N–H and O–H groups in total. The SMILES string of the molecule is CC[C@@H]1C[C@H](C)CCC=C[C@@H]2C[C@@]2(C(=O)NS(=O)(=O)C2(C)CC2)NC(=O)[C@@H]2C[C@@H](Oc3nccc4c5c(ccc34)CCCO5)CN2C(=O)[C@H]1NC(=O)O. The summed E-state index contributed by atoms with van der Waals surface area (Å²) >= 11 is 0. The van der Waals surface area contributed by atoms with Gasteiger partial charge in [-0.3, -0.25) is 19.1 Å². The maximum atomic E-state index is 14.6. The summed E-state index contributed by atoms with van der Waals surface area (Å²) in [6.07, 6.45) is 8.77. The first-order chi connectivity index (χ1) is 25.2. The first-order valence-corrected chi connectivity index (χ1v) is 20.3. The first-order valence-electron chi connectivity index (χ1n) is 18.8. The molecular weight excluding hydrogens is 703 g/mol. The molecule has 4 heterocycles. The van der Waals surface area contributed by atoms with E-state index in [1.54, 1.807) is 13.1 Å². The molecule has 14 nitrogen and oxygen atoms in total. The number of benzene rings is 1. The van der Waals surface area contributed by atoms with Crippen molar-refractivity contribution in [2.24, 2.45) is 17.8 Å². The number of amides is 4. The van der Waals surface area contributed by atoms with Crippen LogP contribution in [0.3, 0.4) is 0 Å². The Kier molecular flexibility index (Phi) is 9.83. The molecule has 2 aliphatic carbocycles. The van der Waals surface area contributed by atoms with E-state index in [4.69, 9.17) is 9.47 Å². The number of ether oxygens (including phenoxy) is 2. The number of nitrogens with zero attached hydrogens (tertiary/aromatic N) is 2. The van der Waals surface area contributed by atoms with E-state index in [2.05, 4.69) is 27.3 Å². The van der Waals surface area contributed by atoms with Crippen LogP contribution in [0.2, 0.25) is 0 Å². The van der Waals surface area contributed by atoms with Gasteiger partial charge >= 0.3 is 6.09 Å². The first kappa shape index (κ1) is 36.9. The van der Waals surface area contributed by atoms with Gasteiger partial charge in [0.05, 0.1) is 17.9 Å². The highest BCUT2D eigenvalue weighted by Crippen LogP contribution is 2.48. The minimum atomic E-state index is -4.00. The van der Waals surface area contributed by atoms with E-state index in [9.17, 15) is 32.7 Å². The van der Waals surface area contributed by atoms with Gasteiger partial charge < -0.3 is 30.1 Å². The van der Waals surface area contributed by atoms with Crippen LogP contribution < -0.4 is 24.8 Å². The number of carbonyl (C=O) groups excluding carboxylic acids is 3. The van der Waals surface area contributed by atoms with Gasteiger partial charge in [0.2, 0.25) is 27.7 Å². The summed E-state index contributed by atoms with van der Waals surface area (Å²) in [6.45, 7) is 6.11. The number of carbonyl (C=O) groups is 4. The summed E-state index contributed by atoms with van der Waals surface area (Å²) in [6, 6.07) is 3.50. The molecule has 5 aliphatic rings. The van der Waals surface area contributed by atoms with Crippen molar-refractivity contribution in [1.82, 2.24) is 25.2 Å². The molecule has 0 bridgehead atoms. The Morgan fingerprint density at radius 1 is 1.17 bits per heavy atom. The molecule has 0 spiro atoms. The van der Waals surface area contributed by atoms with Gasteiger partial charge in [0.25, 0.3) is 5.91 Å². The zero-order valence-corrected chi connectivity index (χ0v) is 31.2. The molecule has 3 aliphatic heterocycles. The molecule has 286 valence electrons. The highest BCUT2D eigenvalue weighted by Gasteiger charge is 2.63. The average molecular weight is 752 g/mol. The van der Waals surface area contributed by atoms with E-state index in [0.717, 1.165) is 36.0 Å². The molecule has 4 amide bonds. The normalized spacial score (nSPS) is 31.0. The summed E-state index contributed by atoms with van der Waals surface area (Å²) < 4.78 is 40.0. The number of allylic oxidation sites excluding steroid dienone is 1. The number of sulfonamides is 1. The fraction of sp³-hybridized carbons (Fsp3) is 0.605. The van der Waals surface area contributed by atoms with Crippen LogP contribution in [0.25, 0.3) is 10.8 Å². The maximum Gasteiger partial charge on any atom is 0.405 e. The Balaban J connectivity index is 1.22. The molecule has 7 rings (SSSR count). The summed E-state index contributed by atoms with van der Waals surface area (Å²) in [7, 11) is -4.00. The van der Waals surface area contributed by atoms with Crippen molar-refractivity contribution in [3.8, 4) is 11.6 Å². The maximum absolute atomic E-state index is 14.6. The zero-order valence-electron chi connectivity index (χ0n) is 30.4. The molecule has 1 aromatic heterocycles. The summed E-state index contributed by atoms with van der Waals surface area (Å²) in [5.74, 6) is -1.60. The summed E-state index contributed by atoms with van der Waals surface area (Å²) in [5.41, 5.74) is -0.441. The fourth-order valence-corrected chi connectivity index (χ4v) is 9.56. The highest BCUT2D eigenvalue weighted by molar-refractivity contribution is 7.91. The molecule has 3 fully saturated rings. The zero-order chi connectivity index (χ0) is 37.7. The van der Waals surface area contributed by atoms with Gasteiger partial charge in [0.1, 0.15) is 29.5 Å². The molecule has 0 radical (unpaired) electrons. The Hall–Kier alpha value is -4.40. The van der Waals surface area contributed by atoms with E-state index >= 15 is 0 Å². The number of rotatable bonds is 7. The van der Waals surface area contributed by atoms with Gasteiger partial charge in [-0.15, -0.1) is 0 Å². The number of nitrogens with one attached hydrogen (secondary N) is 3. The van der Waals surface area contributed by atoms with Crippen molar-refractivity contribution in [3.63, 3.8) is 0 Å². The smallest absolute Gasteiger partial charge is 0.405 e. The van der Waals surface area contributed by atoms with Gasteiger partial charge in [-0.25, -0.2) is 18.2 Å². The number of hydrogen-bond donors (Lipinski definition) is 4. The van der Waals surface area contributed by atoms with Gasteiger partial charge in [-0.1, -0.05) is 38.5 Å². The van der Waals surface area contributed by atoms with Crippen molar-refractivity contribution in [1.29, 1.82) is 0 Å². The number of aryl methyl sites for hydroxylation is 1. The minimum Gasteiger partial charge on any atom is -0.493 e. The van der Waals surface area contributed by atoms with Crippen molar-refractivity contribution in [3.05, 3.63) is 42.1 Å².